The van der Waals surface area contributed by atoms with Crippen molar-refractivity contribution < 1.29 is 24.2 Å². The number of carboxylic acids is 1. The van der Waals surface area contributed by atoms with Crippen LogP contribution in [-0.2, 0) is 23.1 Å². The van der Waals surface area contributed by atoms with Crippen LogP contribution in [0.15, 0.2) is 54.7 Å². The zero-order valence-corrected chi connectivity index (χ0v) is 19.3. The van der Waals surface area contributed by atoms with E-state index in [9.17, 15) is 19.5 Å². The Balaban J connectivity index is 1.24. The van der Waals surface area contributed by atoms with E-state index in [0.29, 0.717) is 25.1 Å². The number of aromatic nitrogens is 2. The molecular weight excluding hydrogens is 448 g/mol. The van der Waals surface area contributed by atoms with Gasteiger partial charge < -0.3 is 20.1 Å². The topological polar surface area (TPSA) is 114 Å². The normalized spacial score (nSPS) is 16.6. The molecule has 1 aromatic heterocycles. The van der Waals surface area contributed by atoms with Crippen LogP contribution in [0.2, 0.25) is 0 Å². The van der Waals surface area contributed by atoms with E-state index in [2.05, 4.69) is 34.7 Å². The molecule has 1 aliphatic carbocycles. The zero-order valence-electron chi connectivity index (χ0n) is 19.3. The van der Waals surface area contributed by atoms with Crippen molar-refractivity contribution in [2.45, 2.75) is 31.3 Å². The molecule has 2 N–H and O–H groups in total. The van der Waals surface area contributed by atoms with Gasteiger partial charge >= 0.3 is 12.1 Å². The van der Waals surface area contributed by atoms with Crippen molar-refractivity contribution in [1.29, 1.82) is 0 Å². The molecule has 9 nitrogen and oxygen atoms in total. The second-order valence-electron chi connectivity index (χ2n) is 8.80. The number of nitrogens with one attached hydrogen (secondary N) is 1. The molecule has 0 radical (unpaired) electrons. The first kappa shape index (κ1) is 22.6. The highest BCUT2D eigenvalue weighted by Gasteiger charge is 2.36. The van der Waals surface area contributed by atoms with E-state index in [1.807, 2.05) is 24.3 Å². The van der Waals surface area contributed by atoms with Crippen LogP contribution >= 0.6 is 0 Å². The lowest BCUT2D eigenvalue weighted by atomic mass is 9.98. The van der Waals surface area contributed by atoms with E-state index in [1.165, 1.54) is 15.8 Å². The summed E-state index contributed by atoms with van der Waals surface area (Å²) in [5, 5.41) is 16.3. The fraction of sp³-hybridized carbons (Fsp3) is 0.308. The van der Waals surface area contributed by atoms with Crippen LogP contribution in [0.5, 0.6) is 0 Å². The van der Waals surface area contributed by atoms with Gasteiger partial charge in [-0.05, 0) is 35.1 Å². The summed E-state index contributed by atoms with van der Waals surface area (Å²) in [6.45, 7) is 0.592. The molecule has 9 heteroatoms. The minimum Gasteiger partial charge on any atom is -0.480 e. The maximum atomic E-state index is 13.0. The number of benzene rings is 2. The summed E-state index contributed by atoms with van der Waals surface area (Å²) in [5.41, 5.74) is 5.31. The Morgan fingerprint density at radius 1 is 1.09 bits per heavy atom. The summed E-state index contributed by atoms with van der Waals surface area (Å²) in [6, 6.07) is 15.4. The third-order valence-electron chi connectivity index (χ3n) is 6.83. The highest BCUT2D eigenvalue weighted by molar-refractivity contribution is 5.97. The Morgan fingerprint density at radius 2 is 1.74 bits per heavy atom. The number of ether oxygens (including phenoxy) is 1. The van der Waals surface area contributed by atoms with Gasteiger partial charge in [-0.2, -0.15) is 5.10 Å². The van der Waals surface area contributed by atoms with Gasteiger partial charge in [0.05, 0.1) is 24.0 Å². The fourth-order valence-electron chi connectivity index (χ4n) is 5.08. The second kappa shape index (κ2) is 9.25. The van der Waals surface area contributed by atoms with E-state index >= 15 is 0 Å². The van der Waals surface area contributed by atoms with E-state index in [1.54, 1.807) is 7.05 Å². The molecule has 0 spiro atoms. The number of nitrogens with zero attached hydrogens (tertiary/aromatic N) is 3. The third-order valence-corrected chi connectivity index (χ3v) is 6.83. The Morgan fingerprint density at radius 3 is 2.40 bits per heavy atom. The maximum absolute atomic E-state index is 13.0. The van der Waals surface area contributed by atoms with E-state index in [4.69, 9.17) is 4.74 Å². The number of aryl methyl sites for hydroxylation is 1. The second-order valence-corrected chi connectivity index (χ2v) is 8.80. The number of rotatable bonds is 6. The zero-order chi connectivity index (χ0) is 24.5. The van der Waals surface area contributed by atoms with Crippen LogP contribution in [-0.4, -0.2) is 57.0 Å². The molecule has 1 aliphatic heterocycles. The van der Waals surface area contributed by atoms with Crippen molar-refractivity contribution in [3.63, 3.8) is 0 Å². The van der Waals surface area contributed by atoms with E-state index in [0.717, 1.165) is 22.3 Å². The molecular formula is C26H26N4O5. The molecule has 3 aromatic rings. The van der Waals surface area contributed by atoms with Gasteiger partial charge in [-0.25, -0.2) is 9.59 Å². The van der Waals surface area contributed by atoms with Gasteiger partial charge in [0.2, 0.25) is 0 Å². The molecule has 2 amide bonds. The number of amides is 2. The van der Waals surface area contributed by atoms with E-state index < -0.39 is 24.0 Å². The summed E-state index contributed by atoms with van der Waals surface area (Å²) in [7, 11) is 1.67. The largest absolute Gasteiger partial charge is 0.480 e. The van der Waals surface area contributed by atoms with Crippen molar-refractivity contribution in [3.8, 4) is 11.1 Å². The smallest absolute Gasteiger partial charge is 0.407 e. The molecule has 0 bridgehead atoms. The monoisotopic (exact) mass is 474 g/mol. The molecule has 180 valence electrons. The standard InChI is InChI=1S/C26H26N4O5/c1-29-23(20(13-28-29)24(31)30-12-6-11-22(30)25(32)33)14-27-26(34)35-15-21-18-9-4-2-7-16(18)17-8-3-5-10-19(17)21/h2-5,7-10,13,21-22H,6,11-12,14-15H2,1H3,(H,27,34)(H,32,33). The van der Waals surface area contributed by atoms with Crippen LogP contribution in [0, 0.1) is 0 Å². The number of carbonyl (C=O) groups excluding carboxylic acids is 2. The predicted molar refractivity (Wildman–Crippen MR) is 127 cm³/mol. The van der Waals surface area contributed by atoms with Gasteiger partial charge in [0, 0.05) is 19.5 Å². The molecule has 0 saturated carbocycles. The van der Waals surface area contributed by atoms with E-state index in [-0.39, 0.29) is 24.6 Å². The highest BCUT2D eigenvalue weighted by Crippen LogP contribution is 2.44. The fourth-order valence-corrected chi connectivity index (χ4v) is 5.08. The minimum absolute atomic E-state index is 0.0276. The summed E-state index contributed by atoms with van der Waals surface area (Å²) >= 11 is 0. The number of likely N-dealkylation sites (tertiary alicyclic amines) is 1. The van der Waals surface area contributed by atoms with Gasteiger partial charge in [-0.15, -0.1) is 0 Å². The van der Waals surface area contributed by atoms with Crippen LogP contribution in [0.25, 0.3) is 11.1 Å². The molecule has 2 aliphatic rings. The summed E-state index contributed by atoms with van der Waals surface area (Å²) in [5.74, 6) is -1.46. The number of fused-ring (bicyclic) bond motifs is 3. The minimum atomic E-state index is -1.02. The predicted octanol–water partition coefficient (Wildman–Crippen LogP) is 3.15. The quantitative estimate of drug-likeness (QED) is 0.567. The number of hydrogen-bond donors (Lipinski definition) is 2. The lowest BCUT2D eigenvalue weighted by Gasteiger charge is -2.21. The van der Waals surface area contributed by atoms with Crippen LogP contribution in [0.3, 0.4) is 0 Å². The SMILES string of the molecule is Cn1ncc(C(=O)N2CCCC2C(=O)O)c1CNC(=O)OCC1c2ccccc2-c2ccccc21. The molecule has 5 rings (SSSR count). The van der Waals surface area contributed by atoms with Crippen molar-refractivity contribution >= 4 is 18.0 Å². The third kappa shape index (κ3) is 4.14. The molecule has 1 fully saturated rings. The molecule has 2 aromatic carbocycles. The van der Waals surface area contributed by atoms with Crippen LogP contribution in [0.1, 0.15) is 45.9 Å². The molecule has 35 heavy (non-hydrogen) atoms. The number of aliphatic carboxylic acids is 1. The van der Waals surface area contributed by atoms with Crippen LogP contribution < -0.4 is 5.32 Å². The highest BCUT2D eigenvalue weighted by atomic mass is 16.5. The Hall–Kier alpha value is -4.14. The molecule has 1 unspecified atom stereocenters. The first-order valence-corrected chi connectivity index (χ1v) is 11.6. The Labute approximate surface area is 202 Å². The number of carboxylic acid groups (broad SMARTS) is 1. The number of alkyl carbamates (subject to hydrolysis) is 1. The number of carbonyl (C=O) groups is 3. The first-order valence-electron chi connectivity index (χ1n) is 11.6. The molecule has 1 saturated heterocycles. The van der Waals surface area contributed by atoms with Gasteiger partial charge in [-0.3, -0.25) is 9.48 Å². The van der Waals surface area contributed by atoms with Crippen molar-refractivity contribution in [2.75, 3.05) is 13.2 Å². The average Bonchev–Trinajstić information content (AvgIpc) is 3.57. The Bertz CT molecular complexity index is 1250. The van der Waals surface area contributed by atoms with Gasteiger partial charge in [0.25, 0.3) is 5.91 Å². The number of hydrogen-bond acceptors (Lipinski definition) is 5. The van der Waals surface area contributed by atoms with Crippen molar-refractivity contribution in [2.24, 2.45) is 7.05 Å². The average molecular weight is 475 g/mol. The van der Waals surface area contributed by atoms with Gasteiger partial charge in [-0.1, -0.05) is 48.5 Å². The Kier molecular flexibility index (Phi) is 5.98. The first-order chi connectivity index (χ1) is 17.0. The summed E-state index contributed by atoms with van der Waals surface area (Å²) in [6.07, 6.45) is 1.87. The maximum Gasteiger partial charge on any atom is 0.407 e. The lowest BCUT2D eigenvalue weighted by molar-refractivity contribution is -0.141. The van der Waals surface area contributed by atoms with Crippen molar-refractivity contribution in [1.82, 2.24) is 20.0 Å². The van der Waals surface area contributed by atoms with Crippen molar-refractivity contribution in [3.05, 3.63) is 77.1 Å². The van der Waals surface area contributed by atoms with Crippen LogP contribution in [0.4, 0.5) is 4.79 Å². The molecule has 1 atom stereocenters. The molecule has 2 heterocycles. The summed E-state index contributed by atoms with van der Waals surface area (Å²) in [4.78, 5) is 38.5. The van der Waals surface area contributed by atoms with Gasteiger partial charge in [0.1, 0.15) is 12.6 Å². The van der Waals surface area contributed by atoms with Gasteiger partial charge in [0.15, 0.2) is 0 Å². The summed E-state index contributed by atoms with van der Waals surface area (Å²) < 4.78 is 7.08. The lowest BCUT2D eigenvalue weighted by Crippen LogP contribution is -2.41.